The van der Waals surface area contributed by atoms with Crippen molar-refractivity contribution in [3.05, 3.63) is 50.3 Å². The molecule has 0 fully saturated rings. The zero-order valence-corrected chi connectivity index (χ0v) is 8.84. The molecule has 0 amide bonds. The lowest BCUT2D eigenvalue weighted by Gasteiger charge is -2.01. The third-order valence-corrected chi connectivity index (χ3v) is 2.68. The lowest BCUT2D eigenvalue weighted by Crippen LogP contribution is -2.11. The Morgan fingerprint density at radius 1 is 1.31 bits per heavy atom. The van der Waals surface area contributed by atoms with E-state index in [2.05, 4.69) is 15.9 Å². The van der Waals surface area contributed by atoms with Gasteiger partial charge in [-0.2, -0.15) is 0 Å². The molecule has 4 heteroatoms. The van der Waals surface area contributed by atoms with Gasteiger partial charge in [0.1, 0.15) is 0 Å². The van der Waals surface area contributed by atoms with Crippen LogP contribution in [-0.4, -0.2) is 4.40 Å². The highest BCUT2D eigenvalue weighted by Crippen LogP contribution is 2.18. The highest BCUT2D eigenvalue weighted by atomic mass is 79.9. The zero-order chi connectivity index (χ0) is 9.42. The number of pyridine rings is 2. The molecule has 2 aromatic heterocycles. The van der Waals surface area contributed by atoms with Crippen molar-refractivity contribution in [3.63, 3.8) is 0 Å². The number of hydrogen-bond donors (Lipinski definition) is 0. The van der Waals surface area contributed by atoms with Crippen LogP contribution in [0.5, 0.6) is 0 Å². The van der Waals surface area contributed by atoms with E-state index in [1.807, 2.05) is 0 Å². The van der Waals surface area contributed by atoms with E-state index in [9.17, 15) is 4.79 Å². The minimum absolute atomic E-state index is 0.0603. The molecule has 0 unspecified atom stereocenters. The van der Waals surface area contributed by atoms with Gasteiger partial charge in [-0.3, -0.25) is 9.20 Å². The van der Waals surface area contributed by atoms with Gasteiger partial charge in [0.15, 0.2) is 0 Å². The second-order valence-corrected chi connectivity index (χ2v) is 3.91. The summed E-state index contributed by atoms with van der Waals surface area (Å²) in [6.45, 7) is 0. The summed E-state index contributed by atoms with van der Waals surface area (Å²) in [5.74, 6) is 0. The first-order valence-corrected chi connectivity index (χ1v) is 4.82. The molecule has 0 saturated heterocycles. The number of hydrogen-bond acceptors (Lipinski definition) is 1. The standard InChI is InChI=1S/C9H5BrClNO/c10-7-1-2-9(13)12-4-3-6(11)5-8(7)12/h1-5H. The molecular formula is C9H5BrClNO. The fourth-order valence-corrected chi connectivity index (χ4v) is 1.76. The van der Waals surface area contributed by atoms with Crippen molar-refractivity contribution in [1.29, 1.82) is 0 Å². The fourth-order valence-electron chi connectivity index (χ4n) is 1.16. The Balaban J connectivity index is 3.01. The van der Waals surface area contributed by atoms with Crippen LogP contribution in [0.1, 0.15) is 0 Å². The highest BCUT2D eigenvalue weighted by molar-refractivity contribution is 9.10. The zero-order valence-electron chi connectivity index (χ0n) is 6.50. The first kappa shape index (κ1) is 8.78. The van der Waals surface area contributed by atoms with Gasteiger partial charge >= 0.3 is 0 Å². The van der Waals surface area contributed by atoms with E-state index < -0.39 is 0 Å². The van der Waals surface area contributed by atoms with E-state index in [0.717, 1.165) is 9.99 Å². The Labute approximate surface area is 87.9 Å². The van der Waals surface area contributed by atoms with Crippen LogP contribution < -0.4 is 5.56 Å². The average molecular weight is 259 g/mol. The quantitative estimate of drug-likeness (QED) is 0.712. The van der Waals surface area contributed by atoms with Gasteiger partial charge in [-0.25, -0.2) is 0 Å². The lowest BCUT2D eigenvalue weighted by atomic mass is 10.3. The molecule has 0 N–H and O–H groups in total. The van der Waals surface area contributed by atoms with Gasteiger partial charge in [0.2, 0.25) is 0 Å². The van der Waals surface area contributed by atoms with Gasteiger partial charge in [0.05, 0.1) is 5.52 Å². The van der Waals surface area contributed by atoms with E-state index in [-0.39, 0.29) is 5.56 Å². The van der Waals surface area contributed by atoms with Gasteiger partial charge < -0.3 is 0 Å². The average Bonchev–Trinajstić information content (AvgIpc) is 2.12. The van der Waals surface area contributed by atoms with Crippen molar-refractivity contribution in [3.8, 4) is 0 Å². The van der Waals surface area contributed by atoms with Crippen molar-refractivity contribution in [2.24, 2.45) is 0 Å². The van der Waals surface area contributed by atoms with Crippen LogP contribution in [0.15, 0.2) is 39.7 Å². The SMILES string of the molecule is O=c1ccc(Br)c2cc(Cl)ccn12. The number of aromatic nitrogens is 1. The number of fused-ring (bicyclic) bond motifs is 1. The van der Waals surface area contributed by atoms with Crippen molar-refractivity contribution in [2.75, 3.05) is 0 Å². The van der Waals surface area contributed by atoms with Crippen LogP contribution in [-0.2, 0) is 0 Å². The first-order chi connectivity index (χ1) is 6.18. The van der Waals surface area contributed by atoms with E-state index in [1.165, 1.54) is 10.5 Å². The summed E-state index contributed by atoms with van der Waals surface area (Å²) in [5, 5.41) is 0.617. The van der Waals surface area contributed by atoms with Crippen LogP contribution in [0.3, 0.4) is 0 Å². The molecule has 0 atom stereocenters. The molecule has 66 valence electrons. The minimum atomic E-state index is -0.0603. The van der Waals surface area contributed by atoms with Crippen molar-refractivity contribution >= 4 is 33.0 Å². The molecule has 0 aliphatic carbocycles. The number of rotatable bonds is 0. The summed E-state index contributed by atoms with van der Waals surface area (Å²) in [6.07, 6.45) is 1.66. The van der Waals surface area contributed by atoms with Crippen molar-refractivity contribution in [2.45, 2.75) is 0 Å². The molecule has 2 rings (SSSR count). The summed E-state index contributed by atoms with van der Waals surface area (Å²) >= 11 is 9.15. The van der Waals surface area contributed by atoms with E-state index >= 15 is 0 Å². The van der Waals surface area contributed by atoms with Gasteiger partial charge in [-0.1, -0.05) is 11.6 Å². The van der Waals surface area contributed by atoms with E-state index in [0.29, 0.717) is 5.02 Å². The summed E-state index contributed by atoms with van der Waals surface area (Å²) in [5.41, 5.74) is 0.717. The Morgan fingerprint density at radius 3 is 2.85 bits per heavy atom. The molecule has 0 aliphatic heterocycles. The maximum absolute atomic E-state index is 11.3. The molecule has 0 aromatic carbocycles. The molecule has 0 bridgehead atoms. The summed E-state index contributed by atoms with van der Waals surface area (Å²) < 4.78 is 2.39. The monoisotopic (exact) mass is 257 g/mol. The normalized spacial score (nSPS) is 10.6. The smallest absolute Gasteiger partial charge is 0.255 e. The van der Waals surface area contributed by atoms with Gasteiger partial charge in [-0.05, 0) is 34.1 Å². The fraction of sp³-hybridized carbons (Fsp3) is 0. The molecular weight excluding hydrogens is 253 g/mol. The van der Waals surface area contributed by atoms with Gasteiger partial charge in [-0.15, -0.1) is 0 Å². The van der Waals surface area contributed by atoms with Crippen LogP contribution in [0.2, 0.25) is 5.02 Å². The Kier molecular flexibility index (Phi) is 2.14. The van der Waals surface area contributed by atoms with Crippen LogP contribution in [0.25, 0.3) is 5.52 Å². The molecule has 2 aromatic rings. The largest absolute Gasteiger partial charge is 0.283 e. The maximum atomic E-state index is 11.3. The summed E-state index contributed by atoms with van der Waals surface area (Å²) in [4.78, 5) is 11.3. The highest BCUT2D eigenvalue weighted by Gasteiger charge is 2.00. The number of nitrogens with zero attached hydrogens (tertiary/aromatic N) is 1. The van der Waals surface area contributed by atoms with Crippen LogP contribution >= 0.6 is 27.5 Å². The molecule has 0 aliphatic rings. The Bertz CT molecular complexity index is 520. The Hall–Kier alpha value is -0.800. The summed E-state index contributed by atoms with van der Waals surface area (Å²) in [7, 11) is 0. The predicted molar refractivity (Wildman–Crippen MR) is 56.4 cm³/mol. The van der Waals surface area contributed by atoms with E-state index in [4.69, 9.17) is 11.6 Å². The van der Waals surface area contributed by atoms with Gasteiger partial charge in [0.25, 0.3) is 5.56 Å². The van der Waals surface area contributed by atoms with Crippen LogP contribution in [0, 0.1) is 0 Å². The van der Waals surface area contributed by atoms with Crippen molar-refractivity contribution < 1.29 is 0 Å². The van der Waals surface area contributed by atoms with Crippen LogP contribution in [0.4, 0.5) is 0 Å². The van der Waals surface area contributed by atoms with E-state index in [1.54, 1.807) is 24.4 Å². The Morgan fingerprint density at radius 2 is 2.08 bits per heavy atom. The third kappa shape index (κ3) is 1.49. The maximum Gasteiger partial charge on any atom is 0.255 e. The molecule has 0 saturated carbocycles. The lowest BCUT2D eigenvalue weighted by molar-refractivity contribution is 1.09. The topological polar surface area (TPSA) is 21.5 Å². The third-order valence-electron chi connectivity index (χ3n) is 1.77. The number of halogens is 2. The molecule has 2 heterocycles. The minimum Gasteiger partial charge on any atom is -0.283 e. The van der Waals surface area contributed by atoms with Crippen molar-refractivity contribution in [1.82, 2.24) is 4.40 Å². The molecule has 13 heavy (non-hydrogen) atoms. The van der Waals surface area contributed by atoms with Gasteiger partial charge in [0, 0.05) is 21.8 Å². The molecule has 0 spiro atoms. The second kappa shape index (κ2) is 3.16. The molecule has 0 radical (unpaired) electrons. The second-order valence-electron chi connectivity index (χ2n) is 2.62. The predicted octanol–water partition coefficient (Wildman–Crippen LogP) is 2.72. The molecule has 2 nitrogen and oxygen atoms in total. The summed E-state index contributed by atoms with van der Waals surface area (Å²) in [6, 6.07) is 6.65. The first-order valence-electron chi connectivity index (χ1n) is 3.65.